The van der Waals surface area contributed by atoms with Gasteiger partial charge in [-0.15, -0.1) is 0 Å². The Labute approximate surface area is 183 Å². The first kappa shape index (κ1) is 21.6. The molecule has 0 bridgehead atoms. The summed E-state index contributed by atoms with van der Waals surface area (Å²) in [5.74, 6) is 0.185. The average molecular weight is 426 g/mol. The van der Waals surface area contributed by atoms with Gasteiger partial charge in [0.05, 0.1) is 18.1 Å². The van der Waals surface area contributed by atoms with E-state index in [2.05, 4.69) is 20.8 Å². The molecule has 3 aliphatic rings. The van der Waals surface area contributed by atoms with Crippen LogP contribution in [0.5, 0.6) is 11.5 Å². The maximum absolute atomic E-state index is 13.3. The number of nitrogens with zero attached hydrogens (tertiary/aromatic N) is 1. The number of hydrogen-bond donors (Lipinski definition) is 0. The third-order valence-corrected chi connectivity index (χ3v) is 6.32. The van der Waals surface area contributed by atoms with Crippen molar-refractivity contribution in [2.45, 2.75) is 65.7 Å². The molecule has 0 aromatic heterocycles. The maximum Gasteiger partial charge on any atom is 0.336 e. The smallest absolute Gasteiger partial charge is 0.336 e. The van der Waals surface area contributed by atoms with Gasteiger partial charge in [-0.1, -0.05) is 39.7 Å². The molecule has 166 valence electrons. The van der Waals surface area contributed by atoms with Crippen LogP contribution in [0.4, 0.5) is 0 Å². The monoisotopic (exact) mass is 425 g/mol. The fourth-order valence-corrected chi connectivity index (χ4v) is 4.92. The topological polar surface area (TPSA) is 74.2 Å². The van der Waals surface area contributed by atoms with Crippen molar-refractivity contribution in [1.29, 1.82) is 0 Å². The minimum atomic E-state index is -0.449. The van der Waals surface area contributed by atoms with Crippen LogP contribution >= 0.6 is 0 Å². The molecule has 0 saturated heterocycles. The number of carbonyl (C=O) groups is 2. The SMILES string of the molecule is CCCCCOC(=O)C1=C(C)N=C2CC(C)(C)CC(=O)C2C1c1ccc2c(c1)OCO2. The first-order valence-electron chi connectivity index (χ1n) is 11.2. The molecule has 2 aliphatic heterocycles. The van der Waals surface area contributed by atoms with Crippen molar-refractivity contribution in [3.8, 4) is 11.5 Å². The van der Waals surface area contributed by atoms with Gasteiger partial charge in [0.15, 0.2) is 11.5 Å². The standard InChI is InChI=1S/C25H31NO5/c1-5-6-7-10-29-24(28)21-15(2)26-17-12-25(3,4)13-18(27)23(17)22(21)16-8-9-19-20(11-16)31-14-30-19/h8-9,11,22-23H,5-7,10,12-14H2,1-4H3. The lowest BCUT2D eigenvalue weighted by Crippen LogP contribution is -2.44. The van der Waals surface area contributed by atoms with Gasteiger partial charge in [-0.3, -0.25) is 9.79 Å². The summed E-state index contributed by atoms with van der Waals surface area (Å²) in [7, 11) is 0. The van der Waals surface area contributed by atoms with Gasteiger partial charge in [0.25, 0.3) is 0 Å². The number of carbonyl (C=O) groups excluding carboxylic acids is 2. The van der Waals surface area contributed by atoms with E-state index < -0.39 is 11.8 Å². The number of allylic oxidation sites excluding steroid dienone is 1. The van der Waals surface area contributed by atoms with Gasteiger partial charge in [0.2, 0.25) is 6.79 Å². The van der Waals surface area contributed by atoms with Crippen molar-refractivity contribution in [3.63, 3.8) is 0 Å². The summed E-state index contributed by atoms with van der Waals surface area (Å²) in [6, 6.07) is 5.66. The highest BCUT2D eigenvalue weighted by atomic mass is 16.7. The van der Waals surface area contributed by atoms with Crippen molar-refractivity contribution in [2.24, 2.45) is 16.3 Å². The van der Waals surface area contributed by atoms with Gasteiger partial charge in [0.1, 0.15) is 5.78 Å². The van der Waals surface area contributed by atoms with E-state index in [4.69, 9.17) is 19.2 Å². The zero-order chi connectivity index (χ0) is 22.2. The van der Waals surface area contributed by atoms with Crippen molar-refractivity contribution in [1.82, 2.24) is 0 Å². The maximum atomic E-state index is 13.3. The Morgan fingerprint density at radius 2 is 1.94 bits per heavy atom. The molecule has 31 heavy (non-hydrogen) atoms. The number of benzene rings is 1. The van der Waals surface area contributed by atoms with E-state index in [0.29, 0.717) is 35.8 Å². The molecule has 1 aromatic rings. The highest BCUT2D eigenvalue weighted by Crippen LogP contribution is 2.48. The number of esters is 1. The van der Waals surface area contributed by atoms with Crippen LogP contribution in [0.2, 0.25) is 0 Å². The summed E-state index contributed by atoms with van der Waals surface area (Å²) in [4.78, 5) is 31.3. The number of ether oxygens (including phenoxy) is 3. The van der Waals surface area contributed by atoms with E-state index in [1.807, 2.05) is 25.1 Å². The molecule has 6 heteroatoms. The van der Waals surface area contributed by atoms with Crippen LogP contribution < -0.4 is 9.47 Å². The number of aliphatic imine (C=N–C) groups is 1. The number of hydrogen-bond acceptors (Lipinski definition) is 6. The van der Waals surface area contributed by atoms with E-state index in [1.165, 1.54) is 0 Å². The van der Waals surface area contributed by atoms with Gasteiger partial charge < -0.3 is 14.2 Å². The van der Waals surface area contributed by atoms with E-state index in [1.54, 1.807) is 0 Å². The molecule has 0 amide bonds. The molecule has 2 atom stereocenters. The minimum Gasteiger partial charge on any atom is -0.462 e. The molecule has 2 heterocycles. The first-order chi connectivity index (χ1) is 14.8. The van der Waals surface area contributed by atoms with Gasteiger partial charge >= 0.3 is 5.97 Å². The molecule has 6 nitrogen and oxygen atoms in total. The number of unbranched alkanes of at least 4 members (excludes halogenated alkanes) is 2. The molecule has 0 radical (unpaired) electrons. The Kier molecular flexibility index (Phi) is 5.91. The number of ketones is 1. The van der Waals surface area contributed by atoms with Crippen LogP contribution in [0.25, 0.3) is 0 Å². The Hall–Kier alpha value is -2.63. The van der Waals surface area contributed by atoms with Crippen LogP contribution in [0.3, 0.4) is 0 Å². The summed E-state index contributed by atoms with van der Waals surface area (Å²) in [6.07, 6.45) is 4.10. The molecule has 2 unspecified atom stereocenters. The normalized spacial score (nSPS) is 24.0. The van der Waals surface area contributed by atoms with Crippen molar-refractivity contribution in [3.05, 3.63) is 35.0 Å². The van der Waals surface area contributed by atoms with Crippen LogP contribution in [0, 0.1) is 11.3 Å². The van der Waals surface area contributed by atoms with Gasteiger partial charge in [-0.2, -0.15) is 0 Å². The van der Waals surface area contributed by atoms with Crippen molar-refractivity contribution < 1.29 is 23.8 Å². The molecule has 4 rings (SSSR count). The second kappa shape index (κ2) is 8.48. The average Bonchev–Trinajstić information content (AvgIpc) is 3.16. The van der Waals surface area contributed by atoms with E-state index >= 15 is 0 Å². The lowest BCUT2D eigenvalue weighted by atomic mass is 9.63. The number of fused-ring (bicyclic) bond motifs is 2. The molecule has 1 aromatic carbocycles. The molecule has 1 saturated carbocycles. The molecule has 0 spiro atoms. The Bertz CT molecular complexity index is 959. The predicted molar refractivity (Wildman–Crippen MR) is 117 cm³/mol. The predicted octanol–water partition coefficient (Wildman–Crippen LogP) is 4.97. The zero-order valence-electron chi connectivity index (χ0n) is 18.8. The Morgan fingerprint density at radius 1 is 1.16 bits per heavy atom. The van der Waals surface area contributed by atoms with Crippen LogP contribution in [0.15, 0.2) is 34.5 Å². The van der Waals surface area contributed by atoms with Crippen LogP contribution in [0.1, 0.15) is 71.3 Å². The summed E-state index contributed by atoms with van der Waals surface area (Å²) < 4.78 is 16.6. The fourth-order valence-electron chi connectivity index (χ4n) is 4.92. The Balaban J connectivity index is 1.74. The second-order valence-corrected chi connectivity index (χ2v) is 9.50. The van der Waals surface area contributed by atoms with Crippen LogP contribution in [-0.4, -0.2) is 30.9 Å². The molecule has 1 fully saturated rings. The molecular weight excluding hydrogens is 394 g/mol. The second-order valence-electron chi connectivity index (χ2n) is 9.50. The van der Waals surface area contributed by atoms with E-state index in [-0.39, 0.29) is 24.0 Å². The summed E-state index contributed by atoms with van der Waals surface area (Å²) in [5, 5.41) is 0. The van der Waals surface area contributed by atoms with Crippen molar-refractivity contribution >= 4 is 17.5 Å². The number of Topliss-reactive ketones (excluding diaryl/α,β-unsaturated/α-hetero) is 1. The first-order valence-corrected chi connectivity index (χ1v) is 11.2. The quantitative estimate of drug-likeness (QED) is 0.475. The third-order valence-electron chi connectivity index (χ3n) is 6.32. The van der Waals surface area contributed by atoms with Crippen LogP contribution in [-0.2, 0) is 14.3 Å². The number of rotatable bonds is 6. The summed E-state index contributed by atoms with van der Waals surface area (Å²) in [5.41, 5.74) is 2.71. The highest BCUT2D eigenvalue weighted by Gasteiger charge is 2.47. The lowest BCUT2D eigenvalue weighted by molar-refractivity contribution is -0.139. The molecular formula is C25H31NO5. The van der Waals surface area contributed by atoms with E-state index in [0.717, 1.165) is 37.0 Å². The van der Waals surface area contributed by atoms with Gasteiger partial charge in [-0.25, -0.2) is 4.79 Å². The summed E-state index contributed by atoms with van der Waals surface area (Å²) in [6.45, 7) is 8.69. The largest absolute Gasteiger partial charge is 0.462 e. The minimum absolute atomic E-state index is 0.126. The molecule has 1 aliphatic carbocycles. The molecule has 0 N–H and O–H groups in total. The highest BCUT2D eigenvalue weighted by molar-refractivity contribution is 6.12. The van der Waals surface area contributed by atoms with Gasteiger partial charge in [-0.05, 0) is 42.9 Å². The van der Waals surface area contributed by atoms with E-state index in [9.17, 15) is 9.59 Å². The van der Waals surface area contributed by atoms with Gasteiger partial charge in [0, 0.05) is 23.7 Å². The fraction of sp³-hybridized carbons (Fsp3) is 0.560. The Morgan fingerprint density at radius 3 is 2.71 bits per heavy atom. The summed E-state index contributed by atoms with van der Waals surface area (Å²) >= 11 is 0. The zero-order valence-corrected chi connectivity index (χ0v) is 18.8. The third kappa shape index (κ3) is 4.25. The van der Waals surface area contributed by atoms with Crippen molar-refractivity contribution in [2.75, 3.05) is 13.4 Å². The lowest BCUT2D eigenvalue weighted by Gasteiger charge is -2.41.